The largest absolute Gasteiger partial charge is 0.380 e. The molecule has 0 saturated carbocycles. The van der Waals surface area contributed by atoms with Gasteiger partial charge in [0.25, 0.3) is 0 Å². The number of aryl methyl sites for hydroxylation is 1. The van der Waals surface area contributed by atoms with Crippen molar-refractivity contribution in [3.05, 3.63) is 27.2 Å². The van der Waals surface area contributed by atoms with Crippen LogP contribution in [0.5, 0.6) is 0 Å². The van der Waals surface area contributed by atoms with Crippen LogP contribution in [-0.4, -0.2) is 5.54 Å². The molecule has 2 heteroatoms. The lowest BCUT2D eigenvalue weighted by molar-refractivity contribution is 0.451. The van der Waals surface area contributed by atoms with Gasteiger partial charge in [-0.25, -0.2) is 0 Å². The molecular weight excluding hydrogens is 274 g/mol. The van der Waals surface area contributed by atoms with Gasteiger partial charge in [0.05, 0.1) is 0 Å². The first-order valence-electron chi connectivity index (χ1n) is 6.45. The fourth-order valence-electron chi connectivity index (χ4n) is 3.17. The molecule has 1 N–H and O–H groups in total. The van der Waals surface area contributed by atoms with E-state index in [1.165, 1.54) is 33.3 Å². The number of anilines is 1. The van der Waals surface area contributed by atoms with E-state index in [2.05, 4.69) is 61.9 Å². The molecule has 2 rings (SSSR count). The summed E-state index contributed by atoms with van der Waals surface area (Å²) >= 11 is 3.71. The van der Waals surface area contributed by atoms with Crippen molar-refractivity contribution < 1.29 is 0 Å². The average Bonchev–Trinajstić information content (AvgIpc) is 2.19. The highest BCUT2D eigenvalue weighted by atomic mass is 79.9. The lowest BCUT2D eigenvalue weighted by Gasteiger charge is -2.40. The summed E-state index contributed by atoms with van der Waals surface area (Å²) in [4.78, 5) is 0. The molecule has 1 aliphatic rings. The zero-order valence-electron chi connectivity index (χ0n) is 11.4. The molecule has 0 spiro atoms. The van der Waals surface area contributed by atoms with Gasteiger partial charge in [-0.1, -0.05) is 29.8 Å². The van der Waals surface area contributed by atoms with Crippen molar-refractivity contribution >= 4 is 21.6 Å². The topological polar surface area (TPSA) is 12.0 Å². The van der Waals surface area contributed by atoms with E-state index in [0.29, 0.717) is 5.92 Å². The van der Waals surface area contributed by atoms with E-state index in [1.54, 1.807) is 0 Å². The van der Waals surface area contributed by atoms with E-state index in [9.17, 15) is 0 Å². The van der Waals surface area contributed by atoms with Gasteiger partial charge < -0.3 is 5.32 Å². The van der Waals surface area contributed by atoms with E-state index in [1.807, 2.05) is 0 Å². The second-order valence-electron chi connectivity index (χ2n) is 5.91. The van der Waals surface area contributed by atoms with Gasteiger partial charge in [0.1, 0.15) is 0 Å². The number of halogens is 1. The van der Waals surface area contributed by atoms with Crippen LogP contribution >= 0.6 is 15.9 Å². The summed E-state index contributed by atoms with van der Waals surface area (Å²) in [5, 5.41) is 3.72. The summed E-state index contributed by atoms with van der Waals surface area (Å²) in [5.74, 6) is 0.632. The van der Waals surface area contributed by atoms with Gasteiger partial charge in [0.2, 0.25) is 0 Å². The Labute approximate surface area is 113 Å². The van der Waals surface area contributed by atoms with E-state index >= 15 is 0 Å². The van der Waals surface area contributed by atoms with Crippen LogP contribution in [0.2, 0.25) is 0 Å². The van der Waals surface area contributed by atoms with E-state index in [0.717, 1.165) is 6.42 Å². The van der Waals surface area contributed by atoms with Crippen LogP contribution in [0, 0.1) is 6.92 Å². The molecule has 1 aromatic rings. The summed E-state index contributed by atoms with van der Waals surface area (Å²) in [7, 11) is 0. The second kappa shape index (κ2) is 4.31. The Kier molecular flexibility index (Phi) is 3.28. The van der Waals surface area contributed by atoms with Crippen LogP contribution in [0.15, 0.2) is 10.5 Å². The molecule has 1 aliphatic heterocycles. The van der Waals surface area contributed by atoms with Crippen molar-refractivity contribution in [1.29, 1.82) is 0 Å². The molecule has 1 nitrogen and oxygen atoms in total. The Morgan fingerprint density at radius 3 is 2.71 bits per heavy atom. The first-order chi connectivity index (χ1) is 7.85. The fourth-order valence-corrected chi connectivity index (χ4v) is 4.00. The zero-order valence-corrected chi connectivity index (χ0v) is 13.0. The molecule has 0 aliphatic carbocycles. The zero-order chi connectivity index (χ0) is 12.8. The van der Waals surface area contributed by atoms with Crippen LogP contribution in [0.1, 0.15) is 56.7 Å². The maximum atomic E-state index is 3.72. The predicted molar refractivity (Wildman–Crippen MR) is 79.0 cm³/mol. The number of hydrogen-bond acceptors (Lipinski definition) is 1. The molecule has 0 aromatic heterocycles. The minimum absolute atomic E-state index is 0.204. The second-order valence-corrected chi connectivity index (χ2v) is 6.76. The van der Waals surface area contributed by atoms with E-state index in [4.69, 9.17) is 0 Å². The number of rotatable bonds is 1. The maximum Gasteiger partial charge on any atom is 0.0412 e. The molecule has 0 saturated heterocycles. The molecule has 0 bridgehead atoms. The van der Waals surface area contributed by atoms with Gasteiger partial charge in [-0.2, -0.15) is 0 Å². The van der Waals surface area contributed by atoms with Gasteiger partial charge in [0, 0.05) is 15.7 Å². The molecule has 1 atom stereocenters. The molecule has 1 unspecified atom stereocenters. The number of nitrogens with one attached hydrogen (secondary N) is 1. The monoisotopic (exact) mass is 295 g/mol. The number of hydrogen-bond donors (Lipinski definition) is 1. The summed E-state index contributed by atoms with van der Waals surface area (Å²) in [6.07, 6.45) is 2.29. The van der Waals surface area contributed by atoms with Gasteiger partial charge in [0.15, 0.2) is 0 Å². The van der Waals surface area contributed by atoms with Crippen LogP contribution in [0.3, 0.4) is 0 Å². The third-order valence-corrected chi connectivity index (χ3v) is 4.45. The Hall–Kier alpha value is -0.500. The van der Waals surface area contributed by atoms with Crippen LogP contribution in [0.4, 0.5) is 5.69 Å². The van der Waals surface area contributed by atoms with Crippen molar-refractivity contribution in [3.63, 3.8) is 0 Å². The molecule has 17 heavy (non-hydrogen) atoms. The summed E-state index contributed by atoms with van der Waals surface area (Å²) < 4.78 is 1.27. The number of benzene rings is 1. The molecule has 0 radical (unpaired) electrons. The average molecular weight is 296 g/mol. The van der Waals surface area contributed by atoms with Crippen molar-refractivity contribution in [2.75, 3.05) is 5.32 Å². The predicted octanol–water partition coefficient (Wildman–Crippen LogP) is 5.02. The van der Waals surface area contributed by atoms with E-state index in [-0.39, 0.29) is 5.54 Å². The van der Waals surface area contributed by atoms with Crippen molar-refractivity contribution in [2.24, 2.45) is 0 Å². The van der Waals surface area contributed by atoms with Gasteiger partial charge in [-0.05, 0) is 62.3 Å². The van der Waals surface area contributed by atoms with Gasteiger partial charge >= 0.3 is 0 Å². The van der Waals surface area contributed by atoms with Gasteiger partial charge in [-0.15, -0.1) is 0 Å². The first-order valence-corrected chi connectivity index (χ1v) is 7.25. The SMILES string of the molecule is CCc1c(Br)cc(C)c2c1C(C)CC(C)(C)N2. The highest BCUT2D eigenvalue weighted by molar-refractivity contribution is 9.10. The third kappa shape index (κ3) is 2.24. The molecule has 0 fully saturated rings. The molecule has 1 aromatic carbocycles. The lowest BCUT2D eigenvalue weighted by Crippen LogP contribution is -2.37. The maximum absolute atomic E-state index is 3.72. The normalized spacial score (nSPS) is 21.9. The quantitative estimate of drug-likeness (QED) is 0.767. The first kappa shape index (κ1) is 12.9. The molecule has 1 heterocycles. The Morgan fingerprint density at radius 1 is 1.47 bits per heavy atom. The highest BCUT2D eigenvalue weighted by Crippen LogP contribution is 2.44. The van der Waals surface area contributed by atoms with E-state index < -0.39 is 0 Å². The summed E-state index contributed by atoms with van der Waals surface area (Å²) in [6.45, 7) is 11.4. The number of fused-ring (bicyclic) bond motifs is 1. The minimum atomic E-state index is 0.204. The minimum Gasteiger partial charge on any atom is -0.380 e. The fraction of sp³-hybridized carbons (Fsp3) is 0.600. The molecule has 0 amide bonds. The molecular formula is C15H22BrN. The van der Waals surface area contributed by atoms with Crippen LogP contribution in [0.25, 0.3) is 0 Å². The smallest absolute Gasteiger partial charge is 0.0412 e. The van der Waals surface area contributed by atoms with Crippen molar-refractivity contribution in [3.8, 4) is 0 Å². The molecule has 94 valence electrons. The van der Waals surface area contributed by atoms with Crippen molar-refractivity contribution in [2.45, 2.75) is 58.9 Å². The van der Waals surface area contributed by atoms with Gasteiger partial charge in [-0.3, -0.25) is 0 Å². The summed E-state index contributed by atoms with van der Waals surface area (Å²) in [5.41, 5.74) is 5.92. The standard InChI is InChI=1S/C15H22BrN/c1-6-11-12(16)7-9(2)14-13(11)10(3)8-15(4,5)17-14/h7,10,17H,6,8H2,1-5H3. The van der Waals surface area contributed by atoms with Crippen LogP contribution < -0.4 is 5.32 Å². The summed E-state index contributed by atoms with van der Waals surface area (Å²) in [6, 6.07) is 2.25. The highest BCUT2D eigenvalue weighted by Gasteiger charge is 2.32. The Balaban J connectivity index is 2.65. The Bertz CT molecular complexity index is 449. The Morgan fingerprint density at radius 2 is 2.12 bits per heavy atom. The van der Waals surface area contributed by atoms with Crippen LogP contribution in [-0.2, 0) is 6.42 Å². The lowest BCUT2D eigenvalue weighted by atomic mass is 9.78. The third-order valence-electron chi connectivity index (χ3n) is 3.75. The van der Waals surface area contributed by atoms with Crippen molar-refractivity contribution in [1.82, 2.24) is 0 Å².